The van der Waals surface area contributed by atoms with Gasteiger partial charge < -0.3 is 10.6 Å². The first kappa shape index (κ1) is 15.5. The second-order valence-corrected chi connectivity index (χ2v) is 6.98. The number of hydrogen-bond acceptors (Lipinski definition) is 4. The first-order chi connectivity index (χ1) is 7.77. The lowest BCUT2D eigenvalue weighted by Gasteiger charge is -2.32. The number of thioether (sulfide) groups is 2. The van der Waals surface area contributed by atoms with E-state index in [-0.39, 0.29) is 23.6 Å². The third-order valence-electron chi connectivity index (χ3n) is 3.22. The van der Waals surface area contributed by atoms with Crippen LogP contribution in [0.2, 0.25) is 0 Å². The minimum absolute atomic E-state index is 0. The van der Waals surface area contributed by atoms with Gasteiger partial charge in [-0.05, 0) is 25.4 Å². The Morgan fingerprint density at radius 2 is 2.24 bits per heavy atom. The standard InChI is InChI=1S/C11H20N2OS2.ClH/c1-8-6-12-3-2-9(8)13-11(14)10-7-15-4-5-16-10;/h8-10,12H,2-7H2,1H3,(H,13,14);1H. The van der Waals surface area contributed by atoms with Crippen LogP contribution in [0.1, 0.15) is 13.3 Å². The van der Waals surface area contributed by atoms with Crippen molar-refractivity contribution >= 4 is 41.8 Å². The van der Waals surface area contributed by atoms with Crippen molar-refractivity contribution in [2.75, 3.05) is 30.3 Å². The molecular formula is C11H21ClN2OS2. The number of hydrogen-bond donors (Lipinski definition) is 2. The summed E-state index contributed by atoms with van der Waals surface area (Å²) in [5.41, 5.74) is 0. The molecule has 17 heavy (non-hydrogen) atoms. The predicted molar refractivity (Wildman–Crippen MR) is 79.4 cm³/mol. The van der Waals surface area contributed by atoms with Crippen LogP contribution in [0.25, 0.3) is 0 Å². The molecule has 100 valence electrons. The van der Waals surface area contributed by atoms with Gasteiger partial charge in [0.15, 0.2) is 0 Å². The number of halogens is 1. The van der Waals surface area contributed by atoms with Crippen molar-refractivity contribution in [2.24, 2.45) is 5.92 Å². The molecule has 2 fully saturated rings. The predicted octanol–water partition coefficient (Wildman–Crippen LogP) is 1.37. The molecule has 0 aromatic carbocycles. The maximum absolute atomic E-state index is 12.0. The highest BCUT2D eigenvalue weighted by atomic mass is 35.5. The van der Waals surface area contributed by atoms with Crippen LogP contribution in [-0.4, -0.2) is 47.5 Å². The molecule has 2 N–H and O–H groups in total. The Morgan fingerprint density at radius 1 is 1.41 bits per heavy atom. The lowest BCUT2D eigenvalue weighted by Crippen LogP contribution is -2.51. The molecule has 2 heterocycles. The molecule has 3 atom stereocenters. The van der Waals surface area contributed by atoms with Crippen LogP contribution < -0.4 is 10.6 Å². The monoisotopic (exact) mass is 296 g/mol. The van der Waals surface area contributed by atoms with Crippen LogP contribution in [0.15, 0.2) is 0 Å². The van der Waals surface area contributed by atoms with Gasteiger partial charge in [-0.1, -0.05) is 6.92 Å². The molecule has 0 aromatic rings. The number of carbonyl (C=O) groups is 1. The third-order valence-corrected chi connectivity index (χ3v) is 5.98. The quantitative estimate of drug-likeness (QED) is 0.808. The number of rotatable bonds is 2. The minimum Gasteiger partial charge on any atom is -0.352 e. The summed E-state index contributed by atoms with van der Waals surface area (Å²) in [6.45, 7) is 4.26. The molecule has 2 saturated heterocycles. The second-order valence-electron chi connectivity index (χ2n) is 4.52. The largest absolute Gasteiger partial charge is 0.352 e. The number of piperidine rings is 1. The number of carbonyl (C=O) groups excluding carboxylic acids is 1. The van der Waals surface area contributed by atoms with Gasteiger partial charge >= 0.3 is 0 Å². The Balaban J connectivity index is 0.00000144. The fourth-order valence-corrected chi connectivity index (χ4v) is 4.71. The first-order valence-electron chi connectivity index (χ1n) is 5.98. The Labute approximate surface area is 118 Å². The molecule has 0 saturated carbocycles. The van der Waals surface area contributed by atoms with Crippen molar-refractivity contribution in [1.29, 1.82) is 0 Å². The van der Waals surface area contributed by atoms with Crippen LogP contribution in [0.5, 0.6) is 0 Å². The average molecular weight is 297 g/mol. The zero-order valence-electron chi connectivity index (χ0n) is 10.1. The van der Waals surface area contributed by atoms with Crippen molar-refractivity contribution in [3.8, 4) is 0 Å². The van der Waals surface area contributed by atoms with Crippen LogP contribution in [0.3, 0.4) is 0 Å². The fraction of sp³-hybridized carbons (Fsp3) is 0.909. The van der Waals surface area contributed by atoms with Crippen molar-refractivity contribution < 1.29 is 4.79 Å². The average Bonchev–Trinajstić information content (AvgIpc) is 2.33. The Hall–Kier alpha value is 0.420. The van der Waals surface area contributed by atoms with Gasteiger partial charge in [0.05, 0.1) is 5.25 Å². The van der Waals surface area contributed by atoms with E-state index in [1.165, 1.54) is 5.75 Å². The van der Waals surface area contributed by atoms with Crippen LogP contribution in [-0.2, 0) is 4.79 Å². The van der Waals surface area contributed by atoms with Crippen molar-refractivity contribution in [1.82, 2.24) is 10.6 Å². The third kappa shape index (κ3) is 4.54. The molecule has 2 aliphatic rings. The summed E-state index contributed by atoms with van der Waals surface area (Å²) in [6.07, 6.45) is 1.07. The topological polar surface area (TPSA) is 41.1 Å². The Kier molecular flexibility index (Phi) is 7.07. The molecule has 0 radical (unpaired) electrons. The zero-order chi connectivity index (χ0) is 11.4. The molecule has 0 bridgehead atoms. The zero-order valence-corrected chi connectivity index (χ0v) is 12.6. The van der Waals surface area contributed by atoms with E-state index >= 15 is 0 Å². The molecule has 2 rings (SSSR count). The second kappa shape index (κ2) is 7.77. The molecule has 0 spiro atoms. The maximum atomic E-state index is 12.0. The van der Waals surface area contributed by atoms with Gasteiger partial charge in [-0.25, -0.2) is 0 Å². The van der Waals surface area contributed by atoms with Gasteiger partial charge in [0, 0.05) is 23.3 Å². The van der Waals surface area contributed by atoms with E-state index < -0.39 is 0 Å². The molecule has 2 aliphatic heterocycles. The van der Waals surface area contributed by atoms with Crippen LogP contribution in [0, 0.1) is 5.92 Å². The highest BCUT2D eigenvalue weighted by molar-refractivity contribution is 8.07. The summed E-state index contributed by atoms with van der Waals surface area (Å²) >= 11 is 3.71. The van der Waals surface area contributed by atoms with Crippen molar-refractivity contribution in [3.05, 3.63) is 0 Å². The van der Waals surface area contributed by atoms with Crippen molar-refractivity contribution in [2.45, 2.75) is 24.6 Å². The number of nitrogens with one attached hydrogen (secondary N) is 2. The summed E-state index contributed by atoms with van der Waals surface area (Å²) in [6, 6.07) is 0.376. The highest BCUT2D eigenvalue weighted by Crippen LogP contribution is 2.24. The van der Waals surface area contributed by atoms with Crippen molar-refractivity contribution in [3.63, 3.8) is 0 Å². The lowest BCUT2D eigenvalue weighted by molar-refractivity contribution is -0.121. The summed E-state index contributed by atoms with van der Waals surface area (Å²) in [5, 5.41) is 6.76. The molecular weight excluding hydrogens is 276 g/mol. The van der Waals surface area contributed by atoms with E-state index in [0.717, 1.165) is 31.0 Å². The normalized spacial score (nSPS) is 33.6. The van der Waals surface area contributed by atoms with Gasteiger partial charge in [-0.2, -0.15) is 11.8 Å². The molecule has 6 heteroatoms. The van der Waals surface area contributed by atoms with Gasteiger partial charge in [0.1, 0.15) is 0 Å². The van der Waals surface area contributed by atoms with Crippen LogP contribution in [0.4, 0.5) is 0 Å². The maximum Gasteiger partial charge on any atom is 0.234 e. The van der Waals surface area contributed by atoms with Gasteiger partial charge in [0.2, 0.25) is 5.91 Å². The Morgan fingerprint density at radius 3 is 2.88 bits per heavy atom. The molecule has 0 aliphatic carbocycles. The minimum atomic E-state index is 0. The summed E-state index contributed by atoms with van der Waals surface area (Å²) in [5.74, 6) is 4.10. The van der Waals surface area contributed by atoms with E-state index in [1.54, 1.807) is 0 Å². The Bertz CT molecular complexity index is 250. The smallest absolute Gasteiger partial charge is 0.234 e. The van der Waals surface area contributed by atoms with Gasteiger partial charge in [-0.15, -0.1) is 24.2 Å². The lowest BCUT2D eigenvalue weighted by atomic mass is 9.95. The molecule has 3 unspecified atom stereocenters. The molecule has 1 amide bonds. The van der Waals surface area contributed by atoms with E-state index in [4.69, 9.17) is 0 Å². The number of amides is 1. The molecule has 0 aromatic heterocycles. The highest BCUT2D eigenvalue weighted by Gasteiger charge is 2.27. The summed E-state index contributed by atoms with van der Waals surface area (Å²) in [4.78, 5) is 12.0. The van der Waals surface area contributed by atoms with Crippen LogP contribution >= 0.6 is 35.9 Å². The fourth-order valence-electron chi connectivity index (χ4n) is 2.14. The van der Waals surface area contributed by atoms with Gasteiger partial charge in [0.25, 0.3) is 0 Å². The molecule has 3 nitrogen and oxygen atoms in total. The van der Waals surface area contributed by atoms with E-state index in [1.807, 2.05) is 23.5 Å². The SMILES string of the molecule is CC1CNCCC1NC(=O)C1CSCCS1.Cl. The first-order valence-corrected chi connectivity index (χ1v) is 8.18. The summed E-state index contributed by atoms with van der Waals surface area (Å²) in [7, 11) is 0. The van der Waals surface area contributed by atoms with E-state index in [9.17, 15) is 4.79 Å². The summed E-state index contributed by atoms with van der Waals surface area (Å²) < 4.78 is 0. The van der Waals surface area contributed by atoms with E-state index in [0.29, 0.717) is 12.0 Å². The van der Waals surface area contributed by atoms with Gasteiger partial charge in [-0.3, -0.25) is 4.79 Å². The van der Waals surface area contributed by atoms with E-state index in [2.05, 4.69) is 17.6 Å².